The second-order valence-electron chi connectivity index (χ2n) is 3.39. The molecule has 0 aliphatic rings. The lowest BCUT2D eigenvalue weighted by atomic mass is 10.1. The van der Waals surface area contributed by atoms with E-state index in [0.29, 0.717) is 0 Å². The lowest BCUT2D eigenvalue weighted by molar-refractivity contribution is 0.313. The van der Waals surface area contributed by atoms with Crippen LogP contribution in [0.25, 0.3) is 0 Å². The third-order valence-corrected chi connectivity index (χ3v) is 3.36. The topological polar surface area (TPSA) is 70.6 Å². The summed E-state index contributed by atoms with van der Waals surface area (Å²) in [4.78, 5) is 1.25. The van der Waals surface area contributed by atoms with Crippen molar-refractivity contribution in [1.82, 2.24) is 5.32 Å². The molecule has 1 unspecified atom stereocenters. The van der Waals surface area contributed by atoms with E-state index in [2.05, 4.69) is 23.5 Å². The third kappa shape index (κ3) is 3.21. The largest absolute Gasteiger partial charge is 0.409 e. The molecule has 5 heteroatoms. The Hall–Kier alpha value is -1.07. The lowest BCUT2D eigenvalue weighted by Gasteiger charge is -2.20. The molecule has 0 radical (unpaired) electrons. The number of oxime groups is 1. The van der Waals surface area contributed by atoms with Crippen molar-refractivity contribution >= 4 is 17.2 Å². The van der Waals surface area contributed by atoms with Crippen molar-refractivity contribution in [2.45, 2.75) is 32.4 Å². The van der Waals surface area contributed by atoms with Gasteiger partial charge < -0.3 is 10.9 Å². The number of hydrogen-bond acceptors (Lipinski definition) is 4. The van der Waals surface area contributed by atoms with Crippen molar-refractivity contribution in [3.8, 4) is 0 Å². The predicted octanol–water partition coefficient (Wildman–Crippen LogP) is 1.92. The van der Waals surface area contributed by atoms with Gasteiger partial charge in [0.15, 0.2) is 5.84 Å². The van der Waals surface area contributed by atoms with Crippen LogP contribution in [-0.4, -0.2) is 17.1 Å². The molecule has 1 rings (SSSR count). The van der Waals surface area contributed by atoms with Crippen LogP contribution in [0.3, 0.4) is 0 Å². The molecule has 0 saturated heterocycles. The van der Waals surface area contributed by atoms with Gasteiger partial charge in [-0.15, -0.1) is 11.3 Å². The highest BCUT2D eigenvalue weighted by molar-refractivity contribution is 7.10. The molecular formula is C10H17N3OS. The molecule has 4 N–H and O–H groups in total. The highest BCUT2D eigenvalue weighted by Crippen LogP contribution is 2.18. The fraction of sp³-hybridized carbons (Fsp3) is 0.500. The van der Waals surface area contributed by atoms with Crippen molar-refractivity contribution in [2.75, 3.05) is 0 Å². The summed E-state index contributed by atoms with van der Waals surface area (Å²) in [5.74, 6) is 0.237. The van der Waals surface area contributed by atoms with Gasteiger partial charge in [-0.2, -0.15) is 0 Å². The van der Waals surface area contributed by atoms with Gasteiger partial charge in [0, 0.05) is 10.9 Å². The summed E-state index contributed by atoms with van der Waals surface area (Å²) in [7, 11) is 0. The van der Waals surface area contributed by atoms with Gasteiger partial charge in [0.2, 0.25) is 0 Å². The first kappa shape index (κ1) is 12.0. The molecule has 4 nitrogen and oxygen atoms in total. The van der Waals surface area contributed by atoms with Crippen LogP contribution in [-0.2, 0) is 0 Å². The van der Waals surface area contributed by atoms with Crippen molar-refractivity contribution in [1.29, 1.82) is 0 Å². The molecule has 15 heavy (non-hydrogen) atoms. The molecule has 0 amide bonds. The summed E-state index contributed by atoms with van der Waals surface area (Å²) >= 11 is 1.70. The zero-order valence-electron chi connectivity index (χ0n) is 8.97. The van der Waals surface area contributed by atoms with Crippen molar-refractivity contribution in [2.24, 2.45) is 10.9 Å². The van der Waals surface area contributed by atoms with E-state index in [4.69, 9.17) is 10.9 Å². The van der Waals surface area contributed by atoms with Gasteiger partial charge in [0.25, 0.3) is 0 Å². The maximum atomic E-state index is 8.61. The van der Waals surface area contributed by atoms with E-state index in [0.717, 1.165) is 6.42 Å². The van der Waals surface area contributed by atoms with Crippen LogP contribution in [0.2, 0.25) is 0 Å². The number of nitrogens with one attached hydrogen (secondary N) is 1. The van der Waals surface area contributed by atoms with Gasteiger partial charge in [-0.25, -0.2) is 0 Å². The fourth-order valence-corrected chi connectivity index (χ4v) is 2.15. The average molecular weight is 227 g/mol. The minimum absolute atomic E-state index is 0.0768. The SMILES string of the molecule is CCC(N[C@H](C)c1cccs1)/C(N)=N/O. The Morgan fingerprint density at radius 1 is 1.73 bits per heavy atom. The van der Waals surface area contributed by atoms with Gasteiger partial charge >= 0.3 is 0 Å². The second kappa shape index (κ2) is 5.72. The van der Waals surface area contributed by atoms with Crippen LogP contribution in [0.4, 0.5) is 0 Å². The van der Waals surface area contributed by atoms with Gasteiger partial charge in [0.1, 0.15) is 0 Å². The monoisotopic (exact) mass is 227 g/mol. The average Bonchev–Trinajstić information content (AvgIpc) is 2.77. The summed E-state index contributed by atoms with van der Waals surface area (Å²) in [6.45, 7) is 4.07. The fourth-order valence-electron chi connectivity index (χ4n) is 1.40. The van der Waals surface area contributed by atoms with E-state index >= 15 is 0 Å². The lowest BCUT2D eigenvalue weighted by Crippen LogP contribution is -2.41. The first-order chi connectivity index (χ1) is 7.19. The first-order valence-corrected chi connectivity index (χ1v) is 5.83. The van der Waals surface area contributed by atoms with Gasteiger partial charge in [-0.05, 0) is 24.8 Å². The van der Waals surface area contributed by atoms with E-state index in [1.165, 1.54) is 4.88 Å². The van der Waals surface area contributed by atoms with Crippen LogP contribution >= 0.6 is 11.3 Å². The Bertz CT molecular complexity index is 310. The first-order valence-electron chi connectivity index (χ1n) is 4.95. The third-order valence-electron chi connectivity index (χ3n) is 2.30. The molecule has 1 heterocycles. The Balaban J connectivity index is 2.60. The Morgan fingerprint density at radius 2 is 2.47 bits per heavy atom. The molecule has 1 aromatic rings. The van der Waals surface area contributed by atoms with Crippen LogP contribution in [0.5, 0.6) is 0 Å². The van der Waals surface area contributed by atoms with E-state index in [9.17, 15) is 0 Å². The van der Waals surface area contributed by atoms with E-state index in [1.807, 2.05) is 18.4 Å². The standard InChI is InChI=1S/C10H17N3OS/c1-3-8(10(11)13-14)12-7(2)9-5-4-6-15-9/h4-8,12,14H,3H2,1-2H3,(H2,11,13)/t7-,8?/m1/s1. The van der Waals surface area contributed by atoms with Gasteiger partial charge in [-0.1, -0.05) is 18.1 Å². The number of nitrogens with zero attached hydrogens (tertiary/aromatic N) is 1. The van der Waals surface area contributed by atoms with Crippen LogP contribution < -0.4 is 11.1 Å². The minimum Gasteiger partial charge on any atom is -0.409 e. The molecule has 0 fully saturated rings. The molecule has 0 saturated carbocycles. The van der Waals surface area contributed by atoms with Crippen LogP contribution in [0, 0.1) is 0 Å². The number of amidine groups is 1. The molecule has 0 aliphatic carbocycles. The van der Waals surface area contributed by atoms with E-state index < -0.39 is 0 Å². The van der Waals surface area contributed by atoms with E-state index in [-0.39, 0.29) is 17.9 Å². The maximum Gasteiger partial charge on any atom is 0.156 e. The molecule has 0 bridgehead atoms. The minimum atomic E-state index is -0.0768. The Morgan fingerprint density at radius 3 is 2.93 bits per heavy atom. The maximum absolute atomic E-state index is 8.61. The summed E-state index contributed by atoms with van der Waals surface area (Å²) in [5, 5.41) is 17.0. The highest BCUT2D eigenvalue weighted by Gasteiger charge is 2.15. The quantitative estimate of drug-likeness (QED) is 0.311. The zero-order chi connectivity index (χ0) is 11.3. The summed E-state index contributed by atoms with van der Waals surface area (Å²) in [5.41, 5.74) is 5.57. The molecule has 0 aliphatic heterocycles. The molecule has 0 spiro atoms. The number of thiophene rings is 1. The Kier molecular flexibility index (Phi) is 4.58. The number of nitrogens with two attached hydrogens (primary N) is 1. The molecule has 0 aromatic carbocycles. The second-order valence-corrected chi connectivity index (χ2v) is 4.37. The zero-order valence-corrected chi connectivity index (χ0v) is 9.79. The van der Waals surface area contributed by atoms with Crippen molar-refractivity contribution < 1.29 is 5.21 Å². The normalized spacial score (nSPS) is 16.3. The van der Waals surface area contributed by atoms with E-state index in [1.54, 1.807) is 11.3 Å². The van der Waals surface area contributed by atoms with Crippen LogP contribution in [0.1, 0.15) is 31.2 Å². The van der Waals surface area contributed by atoms with Crippen molar-refractivity contribution in [3.63, 3.8) is 0 Å². The molecular weight excluding hydrogens is 210 g/mol. The molecule has 84 valence electrons. The van der Waals surface area contributed by atoms with Crippen LogP contribution in [0.15, 0.2) is 22.7 Å². The summed E-state index contributed by atoms with van der Waals surface area (Å²) in [6, 6.07) is 4.23. The number of rotatable bonds is 5. The molecule has 1 aromatic heterocycles. The van der Waals surface area contributed by atoms with Gasteiger partial charge in [-0.3, -0.25) is 5.32 Å². The summed E-state index contributed by atoms with van der Waals surface area (Å²) < 4.78 is 0. The Labute approximate surface area is 93.8 Å². The molecule has 2 atom stereocenters. The highest BCUT2D eigenvalue weighted by atomic mass is 32.1. The smallest absolute Gasteiger partial charge is 0.156 e. The predicted molar refractivity (Wildman–Crippen MR) is 63.4 cm³/mol. The van der Waals surface area contributed by atoms with Gasteiger partial charge in [0.05, 0.1) is 6.04 Å². The summed E-state index contributed by atoms with van der Waals surface area (Å²) in [6.07, 6.45) is 0.797. The van der Waals surface area contributed by atoms with Crippen molar-refractivity contribution in [3.05, 3.63) is 22.4 Å². The number of hydrogen-bond donors (Lipinski definition) is 3.